The molecule has 2 aromatic heterocycles. The van der Waals surface area contributed by atoms with Gasteiger partial charge in [0, 0.05) is 17.8 Å². The first kappa shape index (κ1) is 16.6. The number of nitrogens with one attached hydrogen (secondary N) is 1. The Morgan fingerprint density at radius 2 is 2.04 bits per heavy atom. The zero-order chi connectivity index (χ0) is 17.1. The highest BCUT2D eigenvalue weighted by Crippen LogP contribution is 2.26. The first-order valence-corrected chi connectivity index (χ1v) is 8.46. The van der Waals surface area contributed by atoms with E-state index in [0.29, 0.717) is 27.5 Å². The van der Waals surface area contributed by atoms with E-state index in [1.165, 1.54) is 11.8 Å². The fourth-order valence-corrected chi connectivity index (χ4v) is 2.97. The molecule has 0 spiro atoms. The molecule has 1 amide bonds. The van der Waals surface area contributed by atoms with Gasteiger partial charge >= 0.3 is 0 Å². The molecule has 0 radical (unpaired) electrons. The predicted molar refractivity (Wildman–Crippen MR) is 94.1 cm³/mol. The molecule has 1 aromatic carbocycles. The van der Waals surface area contributed by atoms with Crippen LogP contribution in [0.2, 0.25) is 5.02 Å². The van der Waals surface area contributed by atoms with Gasteiger partial charge < -0.3 is 14.3 Å². The van der Waals surface area contributed by atoms with Crippen molar-refractivity contribution in [3.8, 4) is 11.6 Å². The average Bonchev–Trinajstić information content (AvgIpc) is 3.20. The minimum Gasteiger partial charge on any atom is -0.461 e. The minimum atomic E-state index is -0.340. The number of anilines is 1. The highest BCUT2D eigenvalue weighted by Gasteiger charge is 2.20. The first-order chi connectivity index (χ1) is 11.5. The third-order valence-corrected chi connectivity index (χ3v) is 4.73. The average molecular weight is 363 g/mol. The van der Waals surface area contributed by atoms with Crippen LogP contribution in [0.4, 0.5) is 5.69 Å². The van der Waals surface area contributed by atoms with E-state index in [1.807, 2.05) is 20.0 Å². The molecule has 6 nitrogen and oxygen atoms in total. The molecule has 1 atom stereocenters. The largest absolute Gasteiger partial charge is 0.461 e. The normalized spacial score (nSPS) is 12.1. The number of amides is 1. The second-order valence-electron chi connectivity index (χ2n) is 5.10. The summed E-state index contributed by atoms with van der Waals surface area (Å²) in [7, 11) is 1.84. The lowest BCUT2D eigenvalue weighted by molar-refractivity contribution is -0.115. The molecule has 124 valence electrons. The van der Waals surface area contributed by atoms with Crippen molar-refractivity contribution in [2.45, 2.75) is 17.3 Å². The fraction of sp³-hybridized carbons (Fsp3) is 0.188. The van der Waals surface area contributed by atoms with Crippen molar-refractivity contribution >= 4 is 35.0 Å². The summed E-state index contributed by atoms with van der Waals surface area (Å²) in [6, 6.07) is 10.6. The molecule has 0 fully saturated rings. The van der Waals surface area contributed by atoms with Gasteiger partial charge in [0.15, 0.2) is 16.7 Å². The Morgan fingerprint density at radius 1 is 1.29 bits per heavy atom. The molecule has 1 unspecified atom stereocenters. The van der Waals surface area contributed by atoms with Crippen molar-refractivity contribution in [1.82, 2.24) is 14.8 Å². The van der Waals surface area contributed by atoms with Crippen LogP contribution in [-0.4, -0.2) is 25.9 Å². The van der Waals surface area contributed by atoms with Gasteiger partial charge in [-0.15, -0.1) is 10.2 Å². The van der Waals surface area contributed by atoms with E-state index < -0.39 is 0 Å². The molecule has 0 aliphatic carbocycles. The van der Waals surface area contributed by atoms with E-state index in [0.717, 1.165) is 0 Å². The number of hydrogen-bond donors (Lipinski definition) is 1. The SMILES string of the molecule is CC(Sc1nnc(-c2ccco2)n1C)C(=O)Nc1ccc(Cl)cc1. The van der Waals surface area contributed by atoms with Crippen molar-refractivity contribution in [2.75, 3.05) is 5.32 Å². The monoisotopic (exact) mass is 362 g/mol. The van der Waals surface area contributed by atoms with E-state index >= 15 is 0 Å². The molecule has 2 heterocycles. The standard InChI is InChI=1S/C16H15ClN4O2S/c1-10(15(22)18-12-7-5-11(17)6-8-12)24-16-20-19-14(21(16)2)13-4-3-9-23-13/h3-10H,1-2H3,(H,18,22). The summed E-state index contributed by atoms with van der Waals surface area (Å²) in [6.07, 6.45) is 1.58. The highest BCUT2D eigenvalue weighted by molar-refractivity contribution is 8.00. The number of nitrogens with zero attached hydrogens (tertiary/aromatic N) is 3. The summed E-state index contributed by atoms with van der Waals surface area (Å²) in [5.41, 5.74) is 0.700. The van der Waals surface area contributed by atoms with Gasteiger partial charge in [0.2, 0.25) is 5.91 Å². The van der Waals surface area contributed by atoms with Crippen molar-refractivity contribution in [1.29, 1.82) is 0 Å². The maximum atomic E-state index is 12.3. The van der Waals surface area contributed by atoms with Crippen LogP contribution < -0.4 is 5.32 Å². The molecule has 0 saturated heterocycles. The summed E-state index contributed by atoms with van der Waals surface area (Å²) in [5, 5.41) is 12.0. The Morgan fingerprint density at radius 3 is 2.71 bits per heavy atom. The van der Waals surface area contributed by atoms with Gasteiger partial charge in [-0.1, -0.05) is 23.4 Å². The minimum absolute atomic E-state index is 0.120. The molecular formula is C16H15ClN4O2S. The summed E-state index contributed by atoms with van der Waals surface area (Å²) in [5.74, 6) is 1.13. The summed E-state index contributed by atoms with van der Waals surface area (Å²) >= 11 is 7.17. The number of rotatable bonds is 5. The van der Waals surface area contributed by atoms with E-state index in [2.05, 4.69) is 15.5 Å². The molecule has 0 aliphatic heterocycles. The zero-order valence-corrected chi connectivity index (χ0v) is 14.6. The Bertz CT molecular complexity index is 830. The summed E-state index contributed by atoms with van der Waals surface area (Å²) in [4.78, 5) is 12.3. The Hall–Kier alpha value is -2.25. The third-order valence-electron chi connectivity index (χ3n) is 3.34. The second kappa shape index (κ2) is 7.11. The van der Waals surface area contributed by atoms with Crippen LogP contribution in [0.15, 0.2) is 52.2 Å². The summed E-state index contributed by atoms with van der Waals surface area (Å²) < 4.78 is 7.13. The van der Waals surface area contributed by atoms with Crippen molar-refractivity contribution in [3.63, 3.8) is 0 Å². The Labute approximate surface area is 148 Å². The highest BCUT2D eigenvalue weighted by atomic mass is 35.5. The van der Waals surface area contributed by atoms with Crippen molar-refractivity contribution < 1.29 is 9.21 Å². The van der Waals surface area contributed by atoms with Gasteiger partial charge in [0.25, 0.3) is 0 Å². The van der Waals surface area contributed by atoms with Crippen molar-refractivity contribution in [3.05, 3.63) is 47.7 Å². The number of aromatic nitrogens is 3. The van der Waals surface area contributed by atoms with Gasteiger partial charge in [-0.05, 0) is 43.3 Å². The lowest BCUT2D eigenvalue weighted by atomic mass is 10.3. The van der Waals surface area contributed by atoms with Gasteiger partial charge in [0.1, 0.15) is 0 Å². The quantitative estimate of drug-likeness (QED) is 0.698. The van der Waals surface area contributed by atoms with E-state index in [-0.39, 0.29) is 11.2 Å². The summed E-state index contributed by atoms with van der Waals surface area (Å²) in [6.45, 7) is 1.82. The topological polar surface area (TPSA) is 73.0 Å². The molecule has 3 aromatic rings. The van der Waals surface area contributed by atoms with E-state index in [9.17, 15) is 4.79 Å². The zero-order valence-electron chi connectivity index (χ0n) is 13.1. The van der Waals surface area contributed by atoms with Crippen LogP contribution in [0, 0.1) is 0 Å². The molecule has 8 heteroatoms. The Balaban J connectivity index is 1.67. The Kier molecular flexibility index (Phi) is 4.92. The van der Waals surface area contributed by atoms with Crippen LogP contribution in [0.5, 0.6) is 0 Å². The number of carbonyl (C=O) groups is 1. The molecule has 3 rings (SSSR count). The van der Waals surface area contributed by atoms with Crippen molar-refractivity contribution in [2.24, 2.45) is 7.05 Å². The van der Waals surface area contributed by atoms with E-state index in [4.69, 9.17) is 16.0 Å². The second-order valence-corrected chi connectivity index (χ2v) is 6.84. The predicted octanol–water partition coefficient (Wildman–Crippen LogP) is 3.85. The van der Waals surface area contributed by atoms with Crippen LogP contribution in [-0.2, 0) is 11.8 Å². The van der Waals surface area contributed by atoms with Crippen LogP contribution in [0.3, 0.4) is 0 Å². The maximum absolute atomic E-state index is 12.3. The number of benzene rings is 1. The van der Waals surface area contributed by atoms with E-state index in [1.54, 1.807) is 41.2 Å². The van der Waals surface area contributed by atoms with Gasteiger partial charge in [-0.2, -0.15) is 0 Å². The van der Waals surface area contributed by atoms with Crippen LogP contribution >= 0.6 is 23.4 Å². The number of halogens is 1. The fourth-order valence-electron chi connectivity index (χ4n) is 2.03. The smallest absolute Gasteiger partial charge is 0.237 e. The lowest BCUT2D eigenvalue weighted by Crippen LogP contribution is -2.22. The number of thioether (sulfide) groups is 1. The van der Waals surface area contributed by atoms with Crippen LogP contribution in [0.25, 0.3) is 11.6 Å². The first-order valence-electron chi connectivity index (χ1n) is 7.21. The maximum Gasteiger partial charge on any atom is 0.237 e. The molecule has 0 aliphatic rings. The van der Waals surface area contributed by atoms with Gasteiger partial charge in [0.05, 0.1) is 11.5 Å². The molecule has 0 saturated carbocycles. The third kappa shape index (κ3) is 3.63. The van der Waals surface area contributed by atoms with Gasteiger partial charge in [-0.25, -0.2) is 0 Å². The number of furan rings is 1. The molecule has 0 bridgehead atoms. The number of hydrogen-bond acceptors (Lipinski definition) is 5. The lowest BCUT2D eigenvalue weighted by Gasteiger charge is -2.11. The van der Waals surface area contributed by atoms with Gasteiger partial charge in [-0.3, -0.25) is 4.79 Å². The molecule has 1 N–H and O–H groups in total. The van der Waals surface area contributed by atoms with Crippen LogP contribution in [0.1, 0.15) is 6.92 Å². The molecule has 24 heavy (non-hydrogen) atoms. The number of carbonyl (C=O) groups excluding carboxylic acids is 1. The molecular weight excluding hydrogens is 348 g/mol.